The van der Waals surface area contributed by atoms with E-state index in [1.54, 1.807) is 12.3 Å². The van der Waals surface area contributed by atoms with Gasteiger partial charge in [-0.3, -0.25) is 9.78 Å². The van der Waals surface area contributed by atoms with Crippen molar-refractivity contribution >= 4 is 5.91 Å². The average molecular weight is 318 g/mol. The Hall–Kier alpha value is -3.14. The third-order valence-corrected chi connectivity index (χ3v) is 3.50. The van der Waals surface area contributed by atoms with Crippen molar-refractivity contribution in [1.29, 1.82) is 0 Å². The van der Waals surface area contributed by atoms with Gasteiger partial charge in [0, 0.05) is 18.4 Å². The average Bonchev–Trinajstić information content (AvgIpc) is 2.61. The predicted molar refractivity (Wildman–Crippen MR) is 93.1 cm³/mol. The lowest BCUT2D eigenvalue weighted by Crippen LogP contribution is -2.22. The van der Waals surface area contributed by atoms with Crippen LogP contribution in [-0.2, 0) is 6.54 Å². The van der Waals surface area contributed by atoms with Gasteiger partial charge in [0.1, 0.15) is 11.5 Å². The van der Waals surface area contributed by atoms with Gasteiger partial charge in [-0.15, -0.1) is 0 Å². The van der Waals surface area contributed by atoms with E-state index in [1.807, 2.05) is 67.6 Å². The minimum atomic E-state index is -0.142. The highest BCUT2D eigenvalue weighted by Gasteiger charge is 2.06. The van der Waals surface area contributed by atoms with Crippen LogP contribution in [0.5, 0.6) is 11.5 Å². The summed E-state index contributed by atoms with van der Waals surface area (Å²) in [6.07, 6.45) is 1.58. The zero-order valence-corrected chi connectivity index (χ0v) is 13.4. The molecule has 4 nitrogen and oxygen atoms in total. The SMILES string of the molecule is Cc1ccc(C(=O)NCc2cccc(Oc3ccccc3)c2)cn1. The second-order valence-corrected chi connectivity index (χ2v) is 5.43. The number of aryl methyl sites for hydroxylation is 1. The second kappa shape index (κ2) is 7.42. The van der Waals surface area contributed by atoms with Gasteiger partial charge in [-0.25, -0.2) is 0 Å². The van der Waals surface area contributed by atoms with Gasteiger partial charge in [0.25, 0.3) is 5.91 Å². The molecule has 0 aliphatic rings. The molecule has 3 aromatic rings. The zero-order chi connectivity index (χ0) is 16.8. The standard InChI is InChI=1S/C20H18N2O2/c1-15-10-11-17(14-21-15)20(23)22-13-16-6-5-9-19(12-16)24-18-7-3-2-4-8-18/h2-12,14H,13H2,1H3,(H,22,23). The van der Waals surface area contributed by atoms with Crippen LogP contribution in [0.1, 0.15) is 21.6 Å². The van der Waals surface area contributed by atoms with Crippen molar-refractivity contribution in [2.24, 2.45) is 0 Å². The summed E-state index contributed by atoms with van der Waals surface area (Å²) in [4.78, 5) is 16.3. The number of nitrogens with zero attached hydrogens (tertiary/aromatic N) is 1. The maximum atomic E-state index is 12.1. The van der Waals surface area contributed by atoms with Crippen molar-refractivity contribution in [1.82, 2.24) is 10.3 Å². The first kappa shape index (κ1) is 15.7. The highest BCUT2D eigenvalue weighted by molar-refractivity contribution is 5.93. The van der Waals surface area contributed by atoms with E-state index in [9.17, 15) is 4.79 Å². The molecule has 1 N–H and O–H groups in total. The molecule has 4 heteroatoms. The summed E-state index contributed by atoms with van der Waals surface area (Å²) in [5.74, 6) is 1.38. The van der Waals surface area contributed by atoms with E-state index in [0.717, 1.165) is 22.8 Å². The molecule has 0 bridgehead atoms. The van der Waals surface area contributed by atoms with Crippen LogP contribution < -0.4 is 10.1 Å². The van der Waals surface area contributed by atoms with Crippen LogP contribution in [0.25, 0.3) is 0 Å². The Morgan fingerprint density at radius 2 is 1.79 bits per heavy atom. The van der Waals surface area contributed by atoms with E-state index < -0.39 is 0 Å². The second-order valence-electron chi connectivity index (χ2n) is 5.43. The van der Waals surface area contributed by atoms with Gasteiger partial charge in [-0.1, -0.05) is 30.3 Å². The van der Waals surface area contributed by atoms with Crippen molar-refractivity contribution in [3.63, 3.8) is 0 Å². The molecule has 1 heterocycles. The Bertz CT molecular complexity index is 815. The fourth-order valence-corrected chi connectivity index (χ4v) is 2.23. The number of carbonyl (C=O) groups is 1. The lowest BCUT2D eigenvalue weighted by Gasteiger charge is -2.09. The molecular weight excluding hydrogens is 300 g/mol. The summed E-state index contributed by atoms with van der Waals surface area (Å²) in [5, 5.41) is 2.89. The lowest BCUT2D eigenvalue weighted by molar-refractivity contribution is 0.0950. The van der Waals surface area contributed by atoms with Crippen molar-refractivity contribution in [3.8, 4) is 11.5 Å². The van der Waals surface area contributed by atoms with Gasteiger partial charge in [0.2, 0.25) is 0 Å². The van der Waals surface area contributed by atoms with E-state index in [2.05, 4.69) is 10.3 Å². The number of ether oxygens (including phenoxy) is 1. The molecule has 0 fully saturated rings. The van der Waals surface area contributed by atoms with Crippen LogP contribution in [-0.4, -0.2) is 10.9 Å². The molecule has 24 heavy (non-hydrogen) atoms. The van der Waals surface area contributed by atoms with Gasteiger partial charge in [-0.05, 0) is 48.9 Å². The number of hydrogen-bond acceptors (Lipinski definition) is 3. The van der Waals surface area contributed by atoms with Crippen molar-refractivity contribution in [2.45, 2.75) is 13.5 Å². The summed E-state index contributed by atoms with van der Waals surface area (Å²) in [7, 11) is 0. The molecule has 0 spiro atoms. The Labute approximate surface area is 141 Å². The molecule has 0 radical (unpaired) electrons. The maximum Gasteiger partial charge on any atom is 0.253 e. The van der Waals surface area contributed by atoms with Gasteiger partial charge in [0.15, 0.2) is 0 Å². The molecule has 0 saturated carbocycles. The molecule has 0 saturated heterocycles. The Morgan fingerprint density at radius 3 is 2.54 bits per heavy atom. The number of pyridine rings is 1. The number of aromatic nitrogens is 1. The molecular formula is C20H18N2O2. The first-order valence-corrected chi connectivity index (χ1v) is 7.73. The van der Waals surface area contributed by atoms with Gasteiger partial charge in [-0.2, -0.15) is 0 Å². The molecule has 0 aliphatic carbocycles. The molecule has 120 valence electrons. The first-order chi connectivity index (χ1) is 11.7. The topological polar surface area (TPSA) is 51.2 Å². The summed E-state index contributed by atoms with van der Waals surface area (Å²) in [6.45, 7) is 2.32. The minimum absolute atomic E-state index is 0.142. The number of amides is 1. The number of carbonyl (C=O) groups excluding carboxylic acids is 1. The molecule has 0 unspecified atom stereocenters. The fraction of sp³-hybridized carbons (Fsp3) is 0.100. The number of nitrogens with one attached hydrogen (secondary N) is 1. The maximum absolute atomic E-state index is 12.1. The number of para-hydroxylation sites is 1. The van der Waals surface area contributed by atoms with Crippen LogP contribution in [0.3, 0.4) is 0 Å². The van der Waals surface area contributed by atoms with Crippen LogP contribution >= 0.6 is 0 Å². The van der Waals surface area contributed by atoms with Gasteiger partial charge in [0.05, 0.1) is 5.56 Å². The van der Waals surface area contributed by atoms with Gasteiger partial charge < -0.3 is 10.1 Å². The third-order valence-electron chi connectivity index (χ3n) is 3.50. The lowest BCUT2D eigenvalue weighted by atomic mass is 10.2. The summed E-state index contributed by atoms with van der Waals surface area (Å²) in [6, 6.07) is 20.9. The molecule has 2 aromatic carbocycles. The van der Waals surface area contributed by atoms with Crippen LogP contribution in [0.2, 0.25) is 0 Å². The molecule has 1 amide bonds. The van der Waals surface area contributed by atoms with Crippen LogP contribution in [0, 0.1) is 6.92 Å². The summed E-state index contributed by atoms with van der Waals surface area (Å²) in [5.41, 5.74) is 2.41. The molecule has 3 rings (SSSR count). The Morgan fingerprint density at radius 1 is 1.00 bits per heavy atom. The summed E-state index contributed by atoms with van der Waals surface area (Å²) < 4.78 is 5.80. The molecule has 0 atom stereocenters. The normalized spacial score (nSPS) is 10.2. The Balaban J connectivity index is 1.62. The van der Waals surface area contributed by atoms with Crippen molar-refractivity contribution in [2.75, 3.05) is 0 Å². The van der Waals surface area contributed by atoms with Crippen molar-refractivity contribution in [3.05, 3.63) is 89.7 Å². The van der Waals surface area contributed by atoms with E-state index in [4.69, 9.17) is 4.74 Å². The highest BCUT2D eigenvalue weighted by Crippen LogP contribution is 2.21. The monoisotopic (exact) mass is 318 g/mol. The van der Waals surface area contributed by atoms with E-state index >= 15 is 0 Å². The first-order valence-electron chi connectivity index (χ1n) is 7.73. The quantitative estimate of drug-likeness (QED) is 0.770. The molecule has 1 aromatic heterocycles. The summed E-state index contributed by atoms with van der Waals surface area (Å²) >= 11 is 0. The van der Waals surface area contributed by atoms with Crippen molar-refractivity contribution < 1.29 is 9.53 Å². The fourth-order valence-electron chi connectivity index (χ4n) is 2.23. The van der Waals surface area contributed by atoms with Crippen LogP contribution in [0.15, 0.2) is 72.9 Å². The van der Waals surface area contributed by atoms with E-state index in [0.29, 0.717) is 12.1 Å². The zero-order valence-electron chi connectivity index (χ0n) is 13.4. The number of rotatable bonds is 5. The highest BCUT2D eigenvalue weighted by atomic mass is 16.5. The van der Waals surface area contributed by atoms with E-state index in [1.165, 1.54) is 0 Å². The molecule has 0 aliphatic heterocycles. The minimum Gasteiger partial charge on any atom is -0.457 e. The van der Waals surface area contributed by atoms with E-state index in [-0.39, 0.29) is 5.91 Å². The predicted octanol–water partition coefficient (Wildman–Crippen LogP) is 4.11. The Kier molecular flexibility index (Phi) is 4.87. The number of benzene rings is 2. The van der Waals surface area contributed by atoms with Gasteiger partial charge >= 0.3 is 0 Å². The third kappa shape index (κ3) is 4.20. The number of hydrogen-bond donors (Lipinski definition) is 1. The smallest absolute Gasteiger partial charge is 0.253 e. The largest absolute Gasteiger partial charge is 0.457 e. The van der Waals surface area contributed by atoms with Crippen LogP contribution in [0.4, 0.5) is 0 Å².